The van der Waals surface area contributed by atoms with Gasteiger partial charge in [-0.25, -0.2) is 9.37 Å². The molecule has 3 nitrogen and oxygen atoms in total. The minimum absolute atomic E-state index is 0.178. The number of thiazole rings is 1. The third-order valence-corrected chi connectivity index (χ3v) is 4.86. The normalized spacial score (nSPS) is 10.5. The second-order valence-electron chi connectivity index (χ2n) is 4.70. The van der Waals surface area contributed by atoms with E-state index in [1.54, 1.807) is 41.1 Å². The van der Waals surface area contributed by atoms with Crippen LogP contribution in [0.5, 0.6) is 0 Å². The highest BCUT2D eigenvalue weighted by Gasteiger charge is 2.13. The van der Waals surface area contributed by atoms with Gasteiger partial charge in [-0.05, 0) is 24.3 Å². The van der Waals surface area contributed by atoms with Crippen molar-refractivity contribution in [3.05, 3.63) is 76.5 Å². The summed E-state index contributed by atoms with van der Waals surface area (Å²) in [6, 6.07) is 13.4. The number of halogens is 1. The van der Waals surface area contributed by atoms with E-state index in [4.69, 9.17) is 0 Å². The molecular weight excluding hydrogens is 331 g/mol. The van der Waals surface area contributed by atoms with Crippen LogP contribution >= 0.6 is 23.1 Å². The number of nitrogens with zero attached hydrogens (tertiary/aromatic N) is 1. The van der Waals surface area contributed by atoms with Gasteiger partial charge in [-0.1, -0.05) is 24.3 Å². The van der Waals surface area contributed by atoms with E-state index < -0.39 is 5.82 Å². The van der Waals surface area contributed by atoms with Crippen LogP contribution in [0, 0.1) is 5.82 Å². The Kier molecular flexibility index (Phi) is 5.05. The maximum Gasteiger partial charge on any atom is 0.256 e. The summed E-state index contributed by atoms with van der Waals surface area (Å²) >= 11 is 3.08. The van der Waals surface area contributed by atoms with Crippen LogP contribution in [0.1, 0.15) is 16.1 Å². The number of rotatable bonds is 5. The molecule has 3 rings (SSSR count). The molecule has 6 heteroatoms. The Bertz CT molecular complexity index is 806. The summed E-state index contributed by atoms with van der Waals surface area (Å²) in [4.78, 5) is 17.5. The van der Waals surface area contributed by atoms with E-state index in [9.17, 15) is 9.18 Å². The van der Waals surface area contributed by atoms with Crippen LogP contribution in [0.3, 0.4) is 0 Å². The second-order valence-corrected chi connectivity index (χ2v) is 6.43. The molecule has 116 valence electrons. The fourth-order valence-corrected chi connectivity index (χ4v) is 3.61. The number of carbonyl (C=O) groups is 1. The quantitative estimate of drug-likeness (QED) is 0.674. The summed E-state index contributed by atoms with van der Waals surface area (Å²) in [5, 5.41) is 4.60. The van der Waals surface area contributed by atoms with Crippen molar-refractivity contribution >= 4 is 34.7 Å². The number of thioether (sulfide) groups is 1. The highest BCUT2D eigenvalue weighted by atomic mass is 32.2. The van der Waals surface area contributed by atoms with Gasteiger partial charge in [0, 0.05) is 16.0 Å². The van der Waals surface area contributed by atoms with Gasteiger partial charge in [0.2, 0.25) is 0 Å². The summed E-state index contributed by atoms with van der Waals surface area (Å²) in [5.74, 6) is -0.0852. The molecule has 0 radical (unpaired) electrons. The third-order valence-electron chi connectivity index (χ3n) is 3.11. The Morgan fingerprint density at radius 3 is 2.74 bits per heavy atom. The average molecular weight is 344 g/mol. The van der Waals surface area contributed by atoms with Crippen LogP contribution in [0.2, 0.25) is 0 Å². The first-order valence-electron chi connectivity index (χ1n) is 6.89. The predicted octanol–water partition coefficient (Wildman–Crippen LogP) is 4.83. The minimum atomic E-state index is -0.451. The van der Waals surface area contributed by atoms with E-state index in [1.807, 2.05) is 17.5 Å². The lowest BCUT2D eigenvalue weighted by Crippen LogP contribution is -2.14. The van der Waals surface area contributed by atoms with Crippen molar-refractivity contribution in [2.75, 3.05) is 5.32 Å². The summed E-state index contributed by atoms with van der Waals surface area (Å²) in [6.07, 6.45) is 0. The van der Waals surface area contributed by atoms with Crippen LogP contribution in [0.25, 0.3) is 0 Å². The molecule has 23 heavy (non-hydrogen) atoms. The van der Waals surface area contributed by atoms with E-state index in [-0.39, 0.29) is 11.6 Å². The molecule has 0 aliphatic rings. The van der Waals surface area contributed by atoms with Crippen molar-refractivity contribution in [2.45, 2.75) is 10.6 Å². The van der Waals surface area contributed by atoms with E-state index in [2.05, 4.69) is 10.3 Å². The van der Waals surface area contributed by atoms with Gasteiger partial charge in [0.1, 0.15) is 5.82 Å². The largest absolute Gasteiger partial charge is 0.319 e. The van der Waals surface area contributed by atoms with Crippen molar-refractivity contribution in [1.29, 1.82) is 0 Å². The SMILES string of the molecule is O=C(Nc1ccccc1F)c1ccccc1SCc1cscn1. The lowest BCUT2D eigenvalue weighted by atomic mass is 10.2. The summed E-state index contributed by atoms with van der Waals surface area (Å²) in [5.41, 5.74) is 3.46. The van der Waals surface area contributed by atoms with Gasteiger partial charge in [-0.2, -0.15) is 0 Å². The van der Waals surface area contributed by atoms with E-state index in [1.165, 1.54) is 23.9 Å². The average Bonchev–Trinajstić information content (AvgIpc) is 3.09. The number of anilines is 1. The number of hydrogen-bond donors (Lipinski definition) is 1. The number of benzene rings is 2. The fraction of sp³-hybridized carbons (Fsp3) is 0.0588. The number of para-hydroxylation sites is 1. The number of aromatic nitrogens is 1. The molecular formula is C17H13FN2OS2. The molecule has 0 atom stereocenters. The highest BCUT2D eigenvalue weighted by molar-refractivity contribution is 7.98. The molecule has 3 aromatic rings. The predicted molar refractivity (Wildman–Crippen MR) is 92.5 cm³/mol. The topological polar surface area (TPSA) is 42.0 Å². The Labute approximate surface area is 141 Å². The molecule has 0 aliphatic carbocycles. The van der Waals surface area contributed by atoms with Gasteiger partial charge in [-0.3, -0.25) is 4.79 Å². The van der Waals surface area contributed by atoms with Crippen LogP contribution in [0.15, 0.2) is 64.3 Å². The molecule has 0 fully saturated rings. The van der Waals surface area contributed by atoms with Crippen molar-refractivity contribution in [3.63, 3.8) is 0 Å². The fourth-order valence-electron chi connectivity index (χ4n) is 1.99. The van der Waals surface area contributed by atoms with Gasteiger partial charge in [0.15, 0.2) is 0 Å². The Hall–Kier alpha value is -2.18. The van der Waals surface area contributed by atoms with Gasteiger partial charge in [-0.15, -0.1) is 23.1 Å². The molecule has 0 unspecified atom stereocenters. The van der Waals surface area contributed by atoms with Gasteiger partial charge in [0.05, 0.1) is 22.5 Å². The first kappa shape index (κ1) is 15.7. The molecule has 1 heterocycles. The van der Waals surface area contributed by atoms with Crippen molar-refractivity contribution in [2.24, 2.45) is 0 Å². The Morgan fingerprint density at radius 2 is 1.96 bits per heavy atom. The van der Waals surface area contributed by atoms with Crippen LogP contribution in [-0.4, -0.2) is 10.9 Å². The second kappa shape index (κ2) is 7.39. The van der Waals surface area contributed by atoms with Gasteiger partial charge >= 0.3 is 0 Å². The van der Waals surface area contributed by atoms with Gasteiger partial charge in [0.25, 0.3) is 5.91 Å². The summed E-state index contributed by atoms with van der Waals surface area (Å²) in [6.45, 7) is 0. The first-order chi connectivity index (χ1) is 11.2. The van der Waals surface area contributed by atoms with Crippen molar-refractivity contribution in [1.82, 2.24) is 4.98 Å². The van der Waals surface area contributed by atoms with Gasteiger partial charge < -0.3 is 5.32 Å². The van der Waals surface area contributed by atoms with Crippen molar-refractivity contribution < 1.29 is 9.18 Å². The maximum absolute atomic E-state index is 13.7. The Balaban J connectivity index is 1.76. The van der Waals surface area contributed by atoms with E-state index >= 15 is 0 Å². The molecule has 0 spiro atoms. The monoisotopic (exact) mass is 344 g/mol. The number of hydrogen-bond acceptors (Lipinski definition) is 4. The Morgan fingerprint density at radius 1 is 1.17 bits per heavy atom. The standard InChI is InChI=1S/C17H13FN2OS2/c18-14-6-2-3-7-15(14)20-17(21)13-5-1-4-8-16(13)23-10-12-9-22-11-19-12/h1-9,11H,10H2,(H,20,21). The summed E-state index contributed by atoms with van der Waals surface area (Å²) in [7, 11) is 0. The zero-order chi connectivity index (χ0) is 16.1. The highest BCUT2D eigenvalue weighted by Crippen LogP contribution is 2.27. The molecule has 0 saturated carbocycles. The smallest absolute Gasteiger partial charge is 0.256 e. The zero-order valence-electron chi connectivity index (χ0n) is 12.0. The third kappa shape index (κ3) is 3.97. The minimum Gasteiger partial charge on any atom is -0.319 e. The van der Waals surface area contributed by atoms with Crippen molar-refractivity contribution in [3.8, 4) is 0 Å². The molecule has 0 saturated heterocycles. The maximum atomic E-state index is 13.7. The molecule has 2 aromatic carbocycles. The molecule has 1 N–H and O–H groups in total. The van der Waals surface area contributed by atoms with Crippen LogP contribution in [0.4, 0.5) is 10.1 Å². The van der Waals surface area contributed by atoms with E-state index in [0.29, 0.717) is 11.3 Å². The molecule has 1 amide bonds. The number of amides is 1. The lowest BCUT2D eigenvalue weighted by Gasteiger charge is -2.10. The molecule has 0 bridgehead atoms. The summed E-state index contributed by atoms with van der Waals surface area (Å²) < 4.78 is 13.7. The molecule has 1 aromatic heterocycles. The van der Waals surface area contributed by atoms with E-state index in [0.717, 1.165) is 10.6 Å². The lowest BCUT2D eigenvalue weighted by molar-refractivity contribution is 0.102. The van der Waals surface area contributed by atoms with Crippen LogP contribution in [-0.2, 0) is 5.75 Å². The van der Waals surface area contributed by atoms with Crippen LogP contribution < -0.4 is 5.32 Å². The zero-order valence-corrected chi connectivity index (χ0v) is 13.7. The number of nitrogens with one attached hydrogen (secondary N) is 1. The number of carbonyl (C=O) groups excluding carboxylic acids is 1. The first-order valence-corrected chi connectivity index (χ1v) is 8.81. The molecule has 0 aliphatic heterocycles.